The normalized spacial score (nSPS) is 10.1. The van der Waals surface area contributed by atoms with Crippen LogP contribution in [0, 0.1) is 0 Å². The first-order valence-electron chi connectivity index (χ1n) is 5.74. The van der Waals surface area contributed by atoms with Crippen LogP contribution in [0.3, 0.4) is 0 Å². The minimum Gasteiger partial charge on any atom is -0.480 e. The molecule has 1 N–H and O–H groups in total. The maximum Gasteiger partial charge on any atom is 0.323 e. The van der Waals surface area contributed by atoms with Crippen LogP contribution in [0.1, 0.15) is 26.7 Å². The van der Waals surface area contributed by atoms with E-state index in [4.69, 9.17) is 5.11 Å². The maximum absolute atomic E-state index is 12.0. The van der Waals surface area contributed by atoms with Crippen molar-refractivity contribution in [2.45, 2.75) is 32.7 Å². The second-order valence-electron chi connectivity index (χ2n) is 4.25. The van der Waals surface area contributed by atoms with Gasteiger partial charge in [-0.1, -0.05) is 6.08 Å². The van der Waals surface area contributed by atoms with Gasteiger partial charge in [-0.15, -0.1) is 6.58 Å². The molecule has 0 fully saturated rings. The zero-order chi connectivity index (χ0) is 13.4. The van der Waals surface area contributed by atoms with Gasteiger partial charge in [0.05, 0.1) is 0 Å². The number of nitrogens with zero attached hydrogens (tertiary/aromatic N) is 2. The molecule has 0 spiro atoms. The number of carboxylic acid groups (broad SMARTS) is 1. The van der Waals surface area contributed by atoms with Gasteiger partial charge in [0.15, 0.2) is 0 Å². The number of unbranched alkanes of at least 4 members (excludes halogenated alkanes) is 1. The number of carboxylic acids is 1. The predicted octanol–water partition coefficient (Wildman–Crippen LogP) is 1.80. The van der Waals surface area contributed by atoms with Gasteiger partial charge in [0.2, 0.25) is 0 Å². The average molecular weight is 242 g/mol. The van der Waals surface area contributed by atoms with Crippen LogP contribution in [-0.2, 0) is 4.79 Å². The molecule has 98 valence electrons. The van der Waals surface area contributed by atoms with Crippen molar-refractivity contribution in [3.8, 4) is 0 Å². The van der Waals surface area contributed by atoms with Crippen molar-refractivity contribution in [3.05, 3.63) is 12.7 Å². The molecular formula is C12H22N2O3. The first kappa shape index (κ1) is 15.5. The van der Waals surface area contributed by atoms with Gasteiger partial charge in [-0.05, 0) is 26.7 Å². The molecule has 0 saturated carbocycles. The molecule has 17 heavy (non-hydrogen) atoms. The smallest absolute Gasteiger partial charge is 0.323 e. The summed E-state index contributed by atoms with van der Waals surface area (Å²) in [5, 5.41) is 8.75. The van der Waals surface area contributed by atoms with E-state index in [-0.39, 0.29) is 18.6 Å². The van der Waals surface area contributed by atoms with Gasteiger partial charge in [-0.25, -0.2) is 4.79 Å². The highest BCUT2D eigenvalue weighted by atomic mass is 16.4. The molecule has 0 aliphatic rings. The number of rotatable bonds is 7. The summed E-state index contributed by atoms with van der Waals surface area (Å²) < 4.78 is 0. The van der Waals surface area contributed by atoms with E-state index >= 15 is 0 Å². The lowest BCUT2D eigenvalue weighted by Crippen LogP contribution is -2.47. The van der Waals surface area contributed by atoms with Crippen molar-refractivity contribution in [1.82, 2.24) is 9.80 Å². The fraction of sp³-hybridized carbons (Fsp3) is 0.667. The number of carbonyl (C=O) groups excluding carboxylic acids is 1. The van der Waals surface area contributed by atoms with Crippen molar-refractivity contribution in [1.29, 1.82) is 0 Å². The lowest BCUT2D eigenvalue weighted by atomic mass is 10.3. The molecule has 0 aromatic carbocycles. The molecule has 0 aliphatic heterocycles. The van der Waals surface area contributed by atoms with E-state index in [9.17, 15) is 9.59 Å². The molecule has 0 saturated heterocycles. The Balaban J connectivity index is 4.38. The number of urea groups is 1. The molecule has 0 radical (unpaired) electrons. The van der Waals surface area contributed by atoms with E-state index in [1.165, 1.54) is 4.90 Å². The lowest BCUT2D eigenvalue weighted by molar-refractivity contribution is -0.138. The van der Waals surface area contributed by atoms with Crippen molar-refractivity contribution in [2.75, 3.05) is 20.1 Å². The molecule has 0 aromatic rings. The van der Waals surface area contributed by atoms with Crippen LogP contribution < -0.4 is 0 Å². The van der Waals surface area contributed by atoms with E-state index in [2.05, 4.69) is 6.58 Å². The monoisotopic (exact) mass is 242 g/mol. The summed E-state index contributed by atoms with van der Waals surface area (Å²) in [7, 11) is 1.68. The van der Waals surface area contributed by atoms with Crippen molar-refractivity contribution >= 4 is 12.0 Å². The first-order chi connectivity index (χ1) is 7.90. The van der Waals surface area contributed by atoms with Crippen molar-refractivity contribution < 1.29 is 14.7 Å². The summed E-state index contributed by atoms with van der Waals surface area (Å²) in [6.07, 6.45) is 3.48. The predicted molar refractivity (Wildman–Crippen MR) is 66.9 cm³/mol. The minimum absolute atomic E-state index is 0.125. The van der Waals surface area contributed by atoms with E-state index in [1.54, 1.807) is 31.9 Å². The van der Waals surface area contributed by atoms with Crippen LogP contribution in [-0.4, -0.2) is 53.1 Å². The highest BCUT2D eigenvalue weighted by molar-refractivity contribution is 5.80. The molecule has 0 aliphatic carbocycles. The Morgan fingerprint density at radius 3 is 2.41 bits per heavy atom. The Morgan fingerprint density at radius 2 is 2.00 bits per heavy atom. The summed E-state index contributed by atoms with van der Waals surface area (Å²) in [6, 6.07) is -0.369. The van der Waals surface area contributed by atoms with E-state index in [0.29, 0.717) is 6.54 Å². The summed E-state index contributed by atoms with van der Waals surface area (Å²) in [6.45, 7) is 7.56. The maximum atomic E-state index is 12.0. The Hall–Kier alpha value is -1.52. The Morgan fingerprint density at radius 1 is 1.41 bits per heavy atom. The molecule has 0 aromatic heterocycles. The highest BCUT2D eigenvalue weighted by Crippen LogP contribution is 2.04. The van der Waals surface area contributed by atoms with Gasteiger partial charge >= 0.3 is 12.0 Å². The second-order valence-corrected chi connectivity index (χ2v) is 4.25. The van der Waals surface area contributed by atoms with Gasteiger partial charge in [0.25, 0.3) is 0 Å². The summed E-state index contributed by atoms with van der Waals surface area (Å²) in [5.41, 5.74) is 0. The number of hydrogen-bond donors (Lipinski definition) is 1. The van der Waals surface area contributed by atoms with Crippen LogP contribution in [0.5, 0.6) is 0 Å². The van der Waals surface area contributed by atoms with Crippen molar-refractivity contribution in [2.24, 2.45) is 0 Å². The largest absolute Gasteiger partial charge is 0.480 e. The Kier molecular flexibility index (Phi) is 7.02. The molecule has 0 bridgehead atoms. The molecule has 5 heteroatoms. The third-order valence-corrected chi connectivity index (χ3v) is 2.40. The zero-order valence-corrected chi connectivity index (χ0v) is 10.8. The Labute approximate surface area is 103 Å². The first-order valence-corrected chi connectivity index (χ1v) is 5.74. The quantitative estimate of drug-likeness (QED) is 0.547. The Bertz CT molecular complexity index is 277. The summed E-state index contributed by atoms with van der Waals surface area (Å²) >= 11 is 0. The van der Waals surface area contributed by atoms with Crippen LogP contribution in [0.15, 0.2) is 12.7 Å². The molecule has 0 rings (SSSR count). The highest BCUT2D eigenvalue weighted by Gasteiger charge is 2.22. The lowest BCUT2D eigenvalue weighted by Gasteiger charge is -2.30. The van der Waals surface area contributed by atoms with E-state index < -0.39 is 5.97 Å². The number of allylic oxidation sites excluding steroid dienone is 1. The van der Waals surface area contributed by atoms with Crippen LogP contribution >= 0.6 is 0 Å². The van der Waals surface area contributed by atoms with E-state index in [1.807, 2.05) is 0 Å². The fourth-order valence-electron chi connectivity index (χ4n) is 1.40. The average Bonchev–Trinajstić information content (AvgIpc) is 2.24. The fourth-order valence-corrected chi connectivity index (χ4v) is 1.40. The van der Waals surface area contributed by atoms with Gasteiger partial charge < -0.3 is 14.9 Å². The van der Waals surface area contributed by atoms with Gasteiger partial charge in [-0.2, -0.15) is 0 Å². The van der Waals surface area contributed by atoms with Crippen LogP contribution in [0.25, 0.3) is 0 Å². The number of hydrogen-bond acceptors (Lipinski definition) is 2. The summed E-state index contributed by atoms with van der Waals surface area (Å²) in [5.74, 6) is -0.994. The zero-order valence-electron chi connectivity index (χ0n) is 10.8. The van der Waals surface area contributed by atoms with Crippen molar-refractivity contribution in [3.63, 3.8) is 0 Å². The van der Waals surface area contributed by atoms with Crippen LogP contribution in [0.2, 0.25) is 0 Å². The molecule has 2 amide bonds. The minimum atomic E-state index is -0.994. The van der Waals surface area contributed by atoms with E-state index in [0.717, 1.165) is 12.8 Å². The number of carbonyl (C=O) groups is 2. The molecule has 0 heterocycles. The molecule has 0 atom stereocenters. The summed E-state index contributed by atoms with van der Waals surface area (Å²) in [4.78, 5) is 25.5. The number of aliphatic carboxylic acids is 1. The second kappa shape index (κ2) is 7.70. The molecule has 0 unspecified atom stereocenters. The van der Waals surface area contributed by atoms with Gasteiger partial charge in [0, 0.05) is 19.6 Å². The van der Waals surface area contributed by atoms with Gasteiger partial charge in [-0.3, -0.25) is 4.79 Å². The topological polar surface area (TPSA) is 60.9 Å². The van der Waals surface area contributed by atoms with Crippen LogP contribution in [0.4, 0.5) is 4.79 Å². The van der Waals surface area contributed by atoms with Gasteiger partial charge in [0.1, 0.15) is 6.54 Å². The molecule has 5 nitrogen and oxygen atoms in total. The molecular weight excluding hydrogens is 220 g/mol. The number of amides is 2. The SMILES string of the molecule is C=CCCCN(C)C(=O)N(CC(=O)O)C(C)C. The third-order valence-electron chi connectivity index (χ3n) is 2.40. The standard InChI is InChI=1S/C12H22N2O3/c1-5-6-7-8-13(4)12(17)14(10(2)3)9-11(15)16/h5,10H,1,6-9H2,2-4H3,(H,15,16). The third kappa shape index (κ3) is 5.94.